The molecular formula is C22H23ClN2O4. The minimum Gasteiger partial charge on any atom is -0.455 e. The lowest BCUT2D eigenvalue weighted by Crippen LogP contribution is -2.28. The van der Waals surface area contributed by atoms with Gasteiger partial charge < -0.3 is 15.0 Å². The fraction of sp³-hybridized carbons (Fsp3) is 0.318. The number of esters is 1. The fourth-order valence-electron chi connectivity index (χ4n) is 3.31. The maximum Gasteiger partial charge on any atom is 0.311 e. The van der Waals surface area contributed by atoms with E-state index in [0.717, 1.165) is 16.7 Å². The van der Waals surface area contributed by atoms with Gasteiger partial charge in [-0.15, -0.1) is 0 Å². The van der Waals surface area contributed by atoms with Gasteiger partial charge in [0.25, 0.3) is 5.91 Å². The van der Waals surface area contributed by atoms with Gasteiger partial charge in [-0.25, -0.2) is 0 Å². The molecule has 6 nitrogen and oxygen atoms in total. The molecule has 1 aliphatic heterocycles. The van der Waals surface area contributed by atoms with E-state index < -0.39 is 24.4 Å². The first-order chi connectivity index (χ1) is 13.8. The predicted molar refractivity (Wildman–Crippen MR) is 112 cm³/mol. The van der Waals surface area contributed by atoms with Crippen molar-refractivity contribution in [1.82, 2.24) is 0 Å². The average Bonchev–Trinajstić information content (AvgIpc) is 3.07. The first kappa shape index (κ1) is 20.9. The number of nitrogens with one attached hydrogen (secondary N) is 1. The molecule has 7 heteroatoms. The molecule has 0 unspecified atom stereocenters. The quantitative estimate of drug-likeness (QED) is 0.755. The molecule has 2 aromatic carbocycles. The molecule has 1 heterocycles. The van der Waals surface area contributed by atoms with Crippen LogP contribution in [0.25, 0.3) is 0 Å². The number of hydrogen-bond donors (Lipinski definition) is 1. The lowest BCUT2D eigenvalue weighted by atomic mass is 10.1. The van der Waals surface area contributed by atoms with Crippen molar-refractivity contribution in [2.75, 3.05) is 23.4 Å². The third kappa shape index (κ3) is 4.59. The maximum atomic E-state index is 12.4. The van der Waals surface area contributed by atoms with Crippen molar-refractivity contribution in [1.29, 1.82) is 0 Å². The van der Waals surface area contributed by atoms with Gasteiger partial charge >= 0.3 is 5.97 Å². The smallest absolute Gasteiger partial charge is 0.311 e. The van der Waals surface area contributed by atoms with Gasteiger partial charge in [-0.05, 0) is 55.7 Å². The molecule has 1 saturated heterocycles. The van der Waals surface area contributed by atoms with Crippen molar-refractivity contribution in [2.24, 2.45) is 5.92 Å². The van der Waals surface area contributed by atoms with Crippen LogP contribution in [0.15, 0.2) is 36.4 Å². The first-order valence-corrected chi connectivity index (χ1v) is 9.74. The Balaban J connectivity index is 1.57. The summed E-state index contributed by atoms with van der Waals surface area (Å²) in [5.41, 5.74) is 4.17. The van der Waals surface area contributed by atoms with Crippen LogP contribution >= 0.6 is 11.6 Å². The normalized spacial score (nSPS) is 16.1. The highest BCUT2D eigenvalue weighted by Crippen LogP contribution is 2.31. The lowest BCUT2D eigenvalue weighted by Gasteiger charge is -2.19. The zero-order chi connectivity index (χ0) is 21.1. The second-order valence-electron chi connectivity index (χ2n) is 7.19. The highest BCUT2D eigenvalue weighted by molar-refractivity contribution is 6.31. The first-order valence-electron chi connectivity index (χ1n) is 9.36. The Morgan fingerprint density at radius 2 is 1.86 bits per heavy atom. The number of halogens is 1. The van der Waals surface area contributed by atoms with Crippen LogP contribution in [0.5, 0.6) is 0 Å². The molecule has 2 amide bonds. The summed E-state index contributed by atoms with van der Waals surface area (Å²) in [5, 5.41) is 3.31. The van der Waals surface area contributed by atoms with E-state index in [1.165, 1.54) is 0 Å². The molecule has 0 spiro atoms. The average molecular weight is 415 g/mol. The maximum absolute atomic E-state index is 12.4. The minimum absolute atomic E-state index is 0.0450. The molecule has 1 aliphatic rings. The van der Waals surface area contributed by atoms with Crippen LogP contribution in [-0.2, 0) is 19.1 Å². The van der Waals surface area contributed by atoms with Gasteiger partial charge in [-0.2, -0.15) is 0 Å². The SMILES string of the molecule is Cc1cccc(NC(=O)COC(=O)[C@@H]2CC(=O)N(c3cccc(Cl)c3C)C2)c1C. The van der Waals surface area contributed by atoms with Crippen molar-refractivity contribution in [2.45, 2.75) is 27.2 Å². The van der Waals surface area contributed by atoms with Crippen molar-refractivity contribution in [3.8, 4) is 0 Å². The highest BCUT2D eigenvalue weighted by atomic mass is 35.5. The molecule has 1 fully saturated rings. The van der Waals surface area contributed by atoms with E-state index in [1.54, 1.807) is 29.2 Å². The van der Waals surface area contributed by atoms with E-state index in [4.69, 9.17) is 16.3 Å². The molecule has 1 N–H and O–H groups in total. The number of benzene rings is 2. The largest absolute Gasteiger partial charge is 0.455 e. The van der Waals surface area contributed by atoms with Crippen LogP contribution in [0, 0.1) is 26.7 Å². The third-order valence-electron chi connectivity index (χ3n) is 5.21. The van der Waals surface area contributed by atoms with Crippen LogP contribution in [0.1, 0.15) is 23.1 Å². The second kappa shape index (κ2) is 8.66. The summed E-state index contributed by atoms with van der Waals surface area (Å²) in [4.78, 5) is 38.5. The second-order valence-corrected chi connectivity index (χ2v) is 7.60. The topological polar surface area (TPSA) is 75.7 Å². The summed E-state index contributed by atoms with van der Waals surface area (Å²) in [6.45, 7) is 5.50. The van der Waals surface area contributed by atoms with Crippen LogP contribution in [0.2, 0.25) is 5.02 Å². The Morgan fingerprint density at radius 1 is 1.14 bits per heavy atom. The van der Waals surface area contributed by atoms with Crippen LogP contribution in [0.4, 0.5) is 11.4 Å². The van der Waals surface area contributed by atoms with Crippen molar-refractivity contribution >= 4 is 40.8 Å². The van der Waals surface area contributed by atoms with E-state index in [1.807, 2.05) is 32.9 Å². The van der Waals surface area contributed by atoms with E-state index in [0.29, 0.717) is 16.4 Å². The number of aryl methyl sites for hydroxylation is 1. The lowest BCUT2D eigenvalue weighted by molar-refractivity contribution is -0.151. The van der Waals surface area contributed by atoms with Crippen molar-refractivity contribution in [3.05, 3.63) is 58.1 Å². The molecule has 29 heavy (non-hydrogen) atoms. The summed E-state index contributed by atoms with van der Waals surface area (Å²) in [6.07, 6.45) is 0.0450. The van der Waals surface area contributed by atoms with Gasteiger partial charge in [0, 0.05) is 29.4 Å². The summed E-state index contributed by atoms with van der Waals surface area (Å²) in [6, 6.07) is 10.9. The molecular weight excluding hydrogens is 392 g/mol. The Morgan fingerprint density at radius 3 is 2.62 bits per heavy atom. The highest BCUT2D eigenvalue weighted by Gasteiger charge is 2.37. The van der Waals surface area contributed by atoms with Crippen LogP contribution < -0.4 is 10.2 Å². The number of anilines is 2. The van der Waals surface area contributed by atoms with Gasteiger partial charge in [0.15, 0.2) is 6.61 Å². The minimum atomic E-state index is -0.616. The third-order valence-corrected chi connectivity index (χ3v) is 5.62. The van der Waals surface area contributed by atoms with Gasteiger partial charge in [-0.3, -0.25) is 14.4 Å². The van der Waals surface area contributed by atoms with E-state index in [-0.39, 0.29) is 18.9 Å². The van der Waals surface area contributed by atoms with Crippen molar-refractivity contribution < 1.29 is 19.1 Å². The molecule has 2 aromatic rings. The summed E-state index contributed by atoms with van der Waals surface area (Å²) in [5.74, 6) is -1.76. The molecule has 152 valence electrons. The van der Waals surface area contributed by atoms with Gasteiger partial charge in [0.05, 0.1) is 5.92 Å². The van der Waals surface area contributed by atoms with E-state index >= 15 is 0 Å². The number of rotatable bonds is 5. The Hall–Kier alpha value is -2.86. The fourth-order valence-corrected chi connectivity index (χ4v) is 3.48. The van der Waals surface area contributed by atoms with Crippen LogP contribution in [0.3, 0.4) is 0 Å². The monoisotopic (exact) mass is 414 g/mol. The van der Waals surface area contributed by atoms with Gasteiger partial charge in [0.1, 0.15) is 0 Å². The van der Waals surface area contributed by atoms with Crippen molar-refractivity contribution in [3.63, 3.8) is 0 Å². The molecule has 0 aliphatic carbocycles. The van der Waals surface area contributed by atoms with E-state index in [2.05, 4.69) is 5.32 Å². The zero-order valence-electron chi connectivity index (χ0n) is 16.6. The zero-order valence-corrected chi connectivity index (χ0v) is 17.4. The number of ether oxygens (including phenoxy) is 1. The summed E-state index contributed by atoms with van der Waals surface area (Å²) >= 11 is 6.14. The standard InChI is InChI=1S/C22H23ClN2O4/c1-13-6-4-8-18(14(13)2)24-20(26)12-29-22(28)16-10-21(27)25(11-16)19-9-5-7-17(23)15(19)3/h4-9,16H,10-12H2,1-3H3,(H,24,26)/t16-/m1/s1. The van der Waals surface area contributed by atoms with Gasteiger partial charge in [0.2, 0.25) is 5.91 Å². The Labute approximate surface area is 174 Å². The predicted octanol–water partition coefficient (Wildman–Crippen LogP) is 3.80. The number of carbonyl (C=O) groups is 3. The number of hydrogen-bond acceptors (Lipinski definition) is 4. The summed E-state index contributed by atoms with van der Waals surface area (Å²) < 4.78 is 5.16. The summed E-state index contributed by atoms with van der Waals surface area (Å²) in [7, 11) is 0. The Bertz CT molecular complexity index is 973. The number of amides is 2. The molecule has 0 aromatic heterocycles. The molecule has 1 atom stereocenters. The van der Waals surface area contributed by atoms with Gasteiger partial charge in [-0.1, -0.05) is 29.8 Å². The number of carbonyl (C=O) groups excluding carboxylic acids is 3. The number of nitrogens with zero attached hydrogens (tertiary/aromatic N) is 1. The Kier molecular flexibility index (Phi) is 6.23. The molecule has 3 rings (SSSR count). The van der Waals surface area contributed by atoms with Crippen LogP contribution in [-0.4, -0.2) is 30.9 Å². The molecule has 0 bridgehead atoms. The molecule has 0 saturated carbocycles. The van der Waals surface area contributed by atoms with E-state index in [9.17, 15) is 14.4 Å². The molecule has 0 radical (unpaired) electrons.